The van der Waals surface area contributed by atoms with Gasteiger partial charge in [-0.15, -0.1) is 0 Å². The van der Waals surface area contributed by atoms with E-state index < -0.39 is 0 Å². The van der Waals surface area contributed by atoms with Crippen molar-refractivity contribution in [3.05, 3.63) is 84.2 Å². The number of carbonyl (C=O) groups excluding carboxylic acids is 1. The van der Waals surface area contributed by atoms with Gasteiger partial charge >= 0.3 is 0 Å². The predicted octanol–water partition coefficient (Wildman–Crippen LogP) is 2.53. The minimum Gasteiger partial charge on any atom is -0.331 e. The molecule has 1 unspecified atom stereocenters. The molecule has 1 N–H and O–H groups in total. The molecule has 1 atom stereocenters. The van der Waals surface area contributed by atoms with E-state index in [2.05, 4.69) is 22.5 Å². The molecule has 0 saturated carbocycles. The lowest BCUT2D eigenvalue weighted by Crippen LogP contribution is -2.54. The average Bonchev–Trinajstić information content (AvgIpc) is 3.19. The van der Waals surface area contributed by atoms with Crippen LogP contribution in [0.4, 0.5) is 0 Å². The zero-order chi connectivity index (χ0) is 17.8. The summed E-state index contributed by atoms with van der Waals surface area (Å²) in [4.78, 5) is 15.3. The maximum absolute atomic E-state index is 13.3. The molecule has 1 aliphatic rings. The average molecular weight is 346 g/mol. The van der Waals surface area contributed by atoms with E-state index in [-0.39, 0.29) is 11.9 Å². The van der Waals surface area contributed by atoms with Gasteiger partial charge in [0.2, 0.25) is 0 Å². The minimum absolute atomic E-state index is 0.0359. The maximum atomic E-state index is 13.3. The number of amides is 1. The fourth-order valence-corrected chi connectivity index (χ4v) is 3.48. The number of para-hydroxylation sites is 1. The molecular weight excluding hydrogens is 324 g/mol. The van der Waals surface area contributed by atoms with E-state index >= 15 is 0 Å². The summed E-state index contributed by atoms with van der Waals surface area (Å²) in [6, 6.07) is 22.1. The lowest BCUT2D eigenvalue weighted by Gasteiger charge is -2.36. The summed E-state index contributed by atoms with van der Waals surface area (Å²) in [5, 5.41) is 7.78. The highest BCUT2D eigenvalue weighted by molar-refractivity contribution is 5.93. The Morgan fingerprint density at radius 3 is 2.54 bits per heavy atom. The van der Waals surface area contributed by atoms with Crippen LogP contribution in [-0.2, 0) is 6.42 Å². The van der Waals surface area contributed by atoms with Gasteiger partial charge in [0.15, 0.2) is 0 Å². The Morgan fingerprint density at radius 2 is 1.77 bits per heavy atom. The van der Waals surface area contributed by atoms with Crippen molar-refractivity contribution in [1.82, 2.24) is 20.0 Å². The second-order valence-corrected chi connectivity index (χ2v) is 6.51. The molecule has 0 aliphatic carbocycles. The van der Waals surface area contributed by atoms with Crippen molar-refractivity contribution in [2.75, 3.05) is 19.6 Å². The molecule has 0 spiro atoms. The van der Waals surface area contributed by atoms with Crippen molar-refractivity contribution in [3.63, 3.8) is 0 Å². The standard InChI is InChI=1S/C21H22N4O/c26-21(20-11-12-23-25(20)18-9-5-2-6-10-18)24-14-13-22-16-19(24)15-17-7-3-1-4-8-17/h1-12,19,22H,13-16H2. The van der Waals surface area contributed by atoms with Gasteiger partial charge < -0.3 is 10.2 Å². The summed E-state index contributed by atoms with van der Waals surface area (Å²) in [5.74, 6) is 0.0359. The van der Waals surface area contributed by atoms with Crippen LogP contribution in [0.15, 0.2) is 72.9 Å². The molecular formula is C21H22N4O. The molecule has 1 aromatic heterocycles. The van der Waals surface area contributed by atoms with Crippen LogP contribution in [0.25, 0.3) is 5.69 Å². The largest absolute Gasteiger partial charge is 0.331 e. The Balaban J connectivity index is 1.59. The summed E-state index contributed by atoms with van der Waals surface area (Å²) in [6.45, 7) is 2.33. The highest BCUT2D eigenvalue weighted by Gasteiger charge is 2.29. The Kier molecular flexibility index (Phi) is 4.80. The predicted molar refractivity (Wildman–Crippen MR) is 101 cm³/mol. The summed E-state index contributed by atoms with van der Waals surface area (Å²) >= 11 is 0. The second kappa shape index (κ2) is 7.54. The van der Waals surface area contributed by atoms with Crippen molar-refractivity contribution < 1.29 is 4.79 Å². The normalized spacial score (nSPS) is 17.2. The fourth-order valence-electron chi connectivity index (χ4n) is 3.48. The summed E-state index contributed by atoms with van der Waals surface area (Å²) in [5.41, 5.74) is 2.75. The molecule has 1 saturated heterocycles. The first-order valence-corrected chi connectivity index (χ1v) is 8.98. The molecule has 3 aromatic rings. The highest BCUT2D eigenvalue weighted by Crippen LogP contribution is 2.17. The van der Waals surface area contributed by atoms with E-state index in [9.17, 15) is 4.79 Å². The summed E-state index contributed by atoms with van der Waals surface area (Å²) in [6.07, 6.45) is 2.54. The Hall–Kier alpha value is -2.92. The van der Waals surface area contributed by atoms with Crippen LogP contribution >= 0.6 is 0 Å². The zero-order valence-corrected chi connectivity index (χ0v) is 14.6. The van der Waals surface area contributed by atoms with Crippen LogP contribution in [0, 0.1) is 0 Å². The van der Waals surface area contributed by atoms with Gasteiger partial charge in [0.25, 0.3) is 5.91 Å². The van der Waals surface area contributed by atoms with Gasteiger partial charge in [-0.1, -0.05) is 48.5 Å². The number of aromatic nitrogens is 2. The molecule has 4 rings (SSSR count). The van der Waals surface area contributed by atoms with E-state index in [0.29, 0.717) is 12.2 Å². The number of nitrogens with one attached hydrogen (secondary N) is 1. The first-order chi connectivity index (χ1) is 12.8. The molecule has 5 heteroatoms. The first-order valence-electron chi connectivity index (χ1n) is 8.98. The number of rotatable bonds is 4. The number of nitrogens with zero attached hydrogens (tertiary/aromatic N) is 3. The maximum Gasteiger partial charge on any atom is 0.272 e. The quantitative estimate of drug-likeness (QED) is 0.790. The minimum atomic E-state index is 0.0359. The van der Waals surface area contributed by atoms with E-state index in [1.165, 1.54) is 5.56 Å². The Morgan fingerprint density at radius 1 is 1.04 bits per heavy atom. The van der Waals surface area contributed by atoms with Crippen LogP contribution in [0.5, 0.6) is 0 Å². The van der Waals surface area contributed by atoms with Gasteiger partial charge in [0, 0.05) is 25.7 Å². The van der Waals surface area contributed by atoms with Gasteiger partial charge in [0.1, 0.15) is 5.69 Å². The Labute approximate surface area is 153 Å². The molecule has 2 heterocycles. The number of hydrogen-bond acceptors (Lipinski definition) is 3. The molecule has 1 aliphatic heterocycles. The van der Waals surface area contributed by atoms with Crippen molar-refractivity contribution in [3.8, 4) is 5.69 Å². The van der Waals surface area contributed by atoms with E-state index in [1.807, 2.05) is 53.4 Å². The van der Waals surface area contributed by atoms with Crippen molar-refractivity contribution >= 4 is 5.91 Å². The topological polar surface area (TPSA) is 50.2 Å². The van der Waals surface area contributed by atoms with Crippen LogP contribution in [0.2, 0.25) is 0 Å². The number of piperazine rings is 1. The third-order valence-corrected chi connectivity index (χ3v) is 4.79. The lowest BCUT2D eigenvalue weighted by molar-refractivity contribution is 0.0626. The third kappa shape index (κ3) is 3.39. The molecule has 5 nitrogen and oxygen atoms in total. The third-order valence-electron chi connectivity index (χ3n) is 4.79. The number of hydrogen-bond donors (Lipinski definition) is 1. The second-order valence-electron chi connectivity index (χ2n) is 6.51. The van der Waals surface area contributed by atoms with E-state index in [1.54, 1.807) is 16.9 Å². The van der Waals surface area contributed by atoms with E-state index in [4.69, 9.17) is 0 Å². The summed E-state index contributed by atoms with van der Waals surface area (Å²) in [7, 11) is 0. The molecule has 2 aromatic carbocycles. The molecule has 0 radical (unpaired) electrons. The summed E-state index contributed by atoms with van der Waals surface area (Å²) < 4.78 is 1.73. The Bertz CT molecular complexity index is 860. The molecule has 0 bridgehead atoms. The highest BCUT2D eigenvalue weighted by atomic mass is 16.2. The SMILES string of the molecule is O=C(c1ccnn1-c1ccccc1)N1CCNCC1Cc1ccccc1. The van der Waals surface area contributed by atoms with Crippen LogP contribution in [-0.4, -0.2) is 46.3 Å². The smallest absolute Gasteiger partial charge is 0.272 e. The fraction of sp³-hybridized carbons (Fsp3) is 0.238. The molecule has 26 heavy (non-hydrogen) atoms. The lowest BCUT2D eigenvalue weighted by atomic mass is 10.0. The zero-order valence-electron chi connectivity index (χ0n) is 14.6. The van der Waals surface area contributed by atoms with Crippen molar-refractivity contribution in [2.24, 2.45) is 0 Å². The van der Waals surface area contributed by atoms with Gasteiger partial charge in [-0.3, -0.25) is 4.79 Å². The van der Waals surface area contributed by atoms with Gasteiger partial charge in [-0.25, -0.2) is 4.68 Å². The van der Waals surface area contributed by atoms with Crippen LogP contribution in [0.3, 0.4) is 0 Å². The van der Waals surface area contributed by atoms with Crippen molar-refractivity contribution in [2.45, 2.75) is 12.5 Å². The molecule has 1 amide bonds. The van der Waals surface area contributed by atoms with E-state index in [0.717, 1.165) is 25.2 Å². The van der Waals surface area contributed by atoms with Crippen molar-refractivity contribution in [1.29, 1.82) is 0 Å². The molecule has 1 fully saturated rings. The monoisotopic (exact) mass is 346 g/mol. The van der Waals surface area contributed by atoms with Gasteiger partial charge in [-0.2, -0.15) is 5.10 Å². The number of benzene rings is 2. The molecule has 132 valence electrons. The first kappa shape index (κ1) is 16.5. The van der Waals surface area contributed by atoms with Gasteiger partial charge in [-0.05, 0) is 30.2 Å². The van der Waals surface area contributed by atoms with Crippen LogP contribution in [0.1, 0.15) is 16.1 Å². The van der Waals surface area contributed by atoms with Crippen LogP contribution < -0.4 is 5.32 Å². The number of carbonyl (C=O) groups is 1. The van der Waals surface area contributed by atoms with Gasteiger partial charge in [0.05, 0.1) is 11.9 Å².